The average Bonchev–Trinajstić information content (AvgIpc) is 2.21. The number of pyridine rings is 1. The van der Waals surface area contributed by atoms with E-state index in [1.807, 2.05) is 33.8 Å². The van der Waals surface area contributed by atoms with Gasteiger partial charge in [-0.15, -0.1) is 0 Å². The summed E-state index contributed by atoms with van der Waals surface area (Å²) in [6.45, 7) is 8.45. The van der Waals surface area contributed by atoms with Crippen molar-refractivity contribution < 1.29 is 4.79 Å². The third kappa shape index (κ3) is 4.03. The van der Waals surface area contributed by atoms with Crippen LogP contribution in [0.1, 0.15) is 36.7 Å². The van der Waals surface area contributed by atoms with E-state index in [0.29, 0.717) is 12.1 Å². The minimum atomic E-state index is -0.0614. The maximum atomic E-state index is 11.2. The molecule has 0 unspecified atom stereocenters. The molecule has 0 aliphatic carbocycles. The maximum absolute atomic E-state index is 11.2. The van der Waals surface area contributed by atoms with Crippen LogP contribution in [0.3, 0.4) is 0 Å². The molecular weight excluding hydrogens is 176 g/mol. The van der Waals surface area contributed by atoms with Crippen molar-refractivity contribution in [3.05, 3.63) is 29.6 Å². The Morgan fingerprint density at radius 2 is 2.07 bits per heavy atom. The van der Waals surface area contributed by atoms with Crippen LogP contribution in [-0.4, -0.2) is 17.4 Å². The first-order chi connectivity index (χ1) is 6.74. The number of rotatable bonds is 2. The highest BCUT2D eigenvalue weighted by Gasteiger charge is 2.02. The Kier molecular flexibility index (Phi) is 6.37. The Morgan fingerprint density at radius 1 is 1.43 bits per heavy atom. The van der Waals surface area contributed by atoms with Gasteiger partial charge < -0.3 is 5.32 Å². The van der Waals surface area contributed by atoms with Crippen LogP contribution in [-0.2, 0) is 0 Å². The van der Waals surface area contributed by atoms with E-state index < -0.39 is 0 Å². The first-order valence-electron chi connectivity index (χ1n) is 4.94. The minimum Gasteiger partial charge on any atom is -0.352 e. The van der Waals surface area contributed by atoms with Crippen molar-refractivity contribution in [3.8, 4) is 0 Å². The molecule has 14 heavy (non-hydrogen) atoms. The van der Waals surface area contributed by atoms with Gasteiger partial charge in [-0.3, -0.25) is 9.78 Å². The number of nitrogens with zero attached hydrogens (tertiary/aromatic N) is 1. The second-order valence-electron chi connectivity index (χ2n) is 2.61. The number of hydrogen-bond acceptors (Lipinski definition) is 2. The van der Waals surface area contributed by atoms with E-state index in [2.05, 4.69) is 10.3 Å². The molecule has 0 aromatic carbocycles. The molecule has 0 saturated heterocycles. The molecule has 1 aromatic rings. The van der Waals surface area contributed by atoms with Crippen LogP contribution in [0.4, 0.5) is 0 Å². The summed E-state index contributed by atoms with van der Waals surface area (Å²) in [7, 11) is 0. The van der Waals surface area contributed by atoms with Crippen molar-refractivity contribution in [1.82, 2.24) is 10.3 Å². The molecule has 0 bridgehead atoms. The van der Waals surface area contributed by atoms with Crippen molar-refractivity contribution in [1.29, 1.82) is 0 Å². The summed E-state index contributed by atoms with van der Waals surface area (Å²) in [6, 6.07) is 1.82. The van der Waals surface area contributed by atoms with E-state index in [-0.39, 0.29) is 5.91 Å². The Morgan fingerprint density at radius 3 is 2.57 bits per heavy atom. The lowest BCUT2D eigenvalue weighted by Gasteiger charge is -2.01. The van der Waals surface area contributed by atoms with Gasteiger partial charge in [-0.25, -0.2) is 0 Å². The van der Waals surface area contributed by atoms with Crippen LogP contribution in [0.5, 0.6) is 0 Å². The number of carbonyl (C=O) groups excluding carboxylic acids is 1. The summed E-state index contributed by atoms with van der Waals surface area (Å²) < 4.78 is 0. The molecule has 1 heterocycles. The van der Waals surface area contributed by atoms with E-state index in [1.54, 1.807) is 12.4 Å². The largest absolute Gasteiger partial charge is 0.352 e. The molecule has 1 amide bonds. The SMILES string of the molecule is CC.CCNC(=O)c1cncc(C)c1. The zero-order chi connectivity index (χ0) is 11.0. The van der Waals surface area contributed by atoms with Gasteiger partial charge in [-0.2, -0.15) is 0 Å². The standard InChI is InChI=1S/C9H12N2O.C2H6/c1-3-11-9(12)8-4-7(2)5-10-6-8;1-2/h4-6H,3H2,1-2H3,(H,11,12);1-2H3. The van der Waals surface area contributed by atoms with Gasteiger partial charge in [0, 0.05) is 18.9 Å². The molecule has 3 nitrogen and oxygen atoms in total. The van der Waals surface area contributed by atoms with E-state index in [0.717, 1.165) is 5.56 Å². The van der Waals surface area contributed by atoms with Crippen LogP contribution in [0, 0.1) is 6.92 Å². The van der Waals surface area contributed by atoms with Gasteiger partial charge in [-0.05, 0) is 25.5 Å². The van der Waals surface area contributed by atoms with Crippen molar-refractivity contribution in [3.63, 3.8) is 0 Å². The van der Waals surface area contributed by atoms with Crippen LogP contribution < -0.4 is 5.32 Å². The summed E-state index contributed by atoms with van der Waals surface area (Å²) in [4.78, 5) is 15.2. The first-order valence-corrected chi connectivity index (χ1v) is 4.94. The number of nitrogens with one attached hydrogen (secondary N) is 1. The summed E-state index contributed by atoms with van der Waals surface area (Å²) in [6.07, 6.45) is 3.29. The van der Waals surface area contributed by atoms with E-state index in [1.165, 1.54) is 0 Å². The average molecular weight is 194 g/mol. The molecule has 3 heteroatoms. The molecule has 0 atom stereocenters. The van der Waals surface area contributed by atoms with Crippen LogP contribution in [0.25, 0.3) is 0 Å². The molecule has 0 aliphatic heterocycles. The molecule has 0 saturated carbocycles. The number of amides is 1. The Hall–Kier alpha value is -1.38. The number of aryl methyl sites for hydroxylation is 1. The predicted molar refractivity (Wildman–Crippen MR) is 58.3 cm³/mol. The van der Waals surface area contributed by atoms with Gasteiger partial charge in [0.25, 0.3) is 5.91 Å². The van der Waals surface area contributed by atoms with E-state index in [9.17, 15) is 4.79 Å². The van der Waals surface area contributed by atoms with Crippen molar-refractivity contribution in [2.24, 2.45) is 0 Å². The number of carbonyl (C=O) groups is 1. The molecule has 1 aromatic heterocycles. The summed E-state index contributed by atoms with van der Waals surface area (Å²) >= 11 is 0. The van der Waals surface area contributed by atoms with Gasteiger partial charge in [0.1, 0.15) is 0 Å². The van der Waals surface area contributed by atoms with Crippen LogP contribution in [0.15, 0.2) is 18.5 Å². The summed E-state index contributed by atoms with van der Waals surface area (Å²) in [5.74, 6) is -0.0614. The van der Waals surface area contributed by atoms with Gasteiger partial charge in [0.2, 0.25) is 0 Å². The molecule has 0 fully saturated rings. The van der Waals surface area contributed by atoms with Crippen LogP contribution in [0.2, 0.25) is 0 Å². The van der Waals surface area contributed by atoms with Crippen LogP contribution >= 0.6 is 0 Å². The zero-order valence-corrected chi connectivity index (χ0v) is 9.29. The van der Waals surface area contributed by atoms with Gasteiger partial charge >= 0.3 is 0 Å². The third-order valence-electron chi connectivity index (χ3n) is 1.47. The van der Waals surface area contributed by atoms with E-state index >= 15 is 0 Å². The Balaban J connectivity index is 0.000000791. The topological polar surface area (TPSA) is 42.0 Å². The van der Waals surface area contributed by atoms with Crippen molar-refractivity contribution >= 4 is 5.91 Å². The molecule has 0 radical (unpaired) electrons. The van der Waals surface area contributed by atoms with Crippen molar-refractivity contribution in [2.75, 3.05) is 6.54 Å². The lowest BCUT2D eigenvalue weighted by atomic mass is 10.2. The number of aromatic nitrogens is 1. The molecule has 1 rings (SSSR count). The summed E-state index contributed by atoms with van der Waals surface area (Å²) in [5, 5.41) is 2.71. The maximum Gasteiger partial charge on any atom is 0.252 e. The molecule has 78 valence electrons. The highest BCUT2D eigenvalue weighted by molar-refractivity contribution is 5.93. The predicted octanol–water partition coefficient (Wildman–Crippen LogP) is 2.17. The van der Waals surface area contributed by atoms with Gasteiger partial charge in [-0.1, -0.05) is 13.8 Å². The highest BCUT2D eigenvalue weighted by Crippen LogP contribution is 2.00. The fourth-order valence-corrected chi connectivity index (χ4v) is 0.942. The fraction of sp³-hybridized carbons (Fsp3) is 0.455. The Bertz CT molecular complexity index is 284. The summed E-state index contributed by atoms with van der Waals surface area (Å²) in [5.41, 5.74) is 1.62. The monoisotopic (exact) mass is 194 g/mol. The quantitative estimate of drug-likeness (QED) is 0.784. The van der Waals surface area contributed by atoms with Gasteiger partial charge in [0.05, 0.1) is 5.56 Å². The lowest BCUT2D eigenvalue weighted by Crippen LogP contribution is -2.22. The second kappa shape index (κ2) is 7.06. The normalized spacial score (nSPS) is 8.57. The highest BCUT2D eigenvalue weighted by atomic mass is 16.1. The second-order valence-corrected chi connectivity index (χ2v) is 2.61. The number of hydrogen-bond donors (Lipinski definition) is 1. The Labute approximate surface area is 85.6 Å². The molecule has 0 spiro atoms. The smallest absolute Gasteiger partial charge is 0.252 e. The lowest BCUT2D eigenvalue weighted by molar-refractivity contribution is 0.0955. The minimum absolute atomic E-state index is 0.0614. The first kappa shape index (κ1) is 12.6. The van der Waals surface area contributed by atoms with Gasteiger partial charge in [0.15, 0.2) is 0 Å². The molecule has 1 N–H and O–H groups in total. The molecule has 0 aliphatic rings. The van der Waals surface area contributed by atoms with E-state index in [4.69, 9.17) is 0 Å². The fourth-order valence-electron chi connectivity index (χ4n) is 0.942. The third-order valence-corrected chi connectivity index (χ3v) is 1.47. The van der Waals surface area contributed by atoms with Crippen molar-refractivity contribution in [2.45, 2.75) is 27.7 Å². The zero-order valence-electron chi connectivity index (χ0n) is 9.29. The molecular formula is C11H18N2O.